The molecule has 0 aliphatic heterocycles. The highest BCUT2D eigenvalue weighted by Gasteiger charge is 2.71. The van der Waals surface area contributed by atoms with E-state index in [1.807, 2.05) is 0 Å². The lowest BCUT2D eigenvalue weighted by molar-refractivity contribution is -0.384. The highest BCUT2D eigenvalue weighted by atomic mass is 16.7. The van der Waals surface area contributed by atoms with Gasteiger partial charge in [0.05, 0.1) is 4.92 Å². The van der Waals surface area contributed by atoms with E-state index in [1.165, 1.54) is 24.3 Å². The molecule has 100 valence electrons. The molecule has 1 unspecified atom stereocenters. The average Bonchev–Trinajstić information content (AvgIpc) is 3.20. The van der Waals surface area contributed by atoms with E-state index in [1.54, 1.807) is 0 Å². The number of nitro groups is 1. The Bertz CT molecular complexity index is 540. The molecule has 6 heteroatoms. The van der Waals surface area contributed by atoms with E-state index in [2.05, 4.69) is 6.92 Å². The first-order chi connectivity index (χ1) is 9.01. The first-order valence-electron chi connectivity index (χ1n) is 6.14. The van der Waals surface area contributed by atoms with Gasteiger partial charge in [-0.3, -0.25) is 10.1 Å². The zero-order chi connectivity index (χ0) is 13.6. The van der Waals surface area contributed by atoms with Crippen molar-refractivity contribution in [2.75, 3.05) is 0 Å². The lowest BCUT2D eigenvalue weighted by atomic mass is 10.3. The summed E-state index contributed by atoms with van der Waals surface area (Å²) in [5.74, 6) is 0.874. The minimum Gasteiger partial charge on any atom is -0.430 e. The lowest BCUT2D eigenvalue weighted by Crippen LogP contribution is -2.13. The van der Waals surface area contributed by atoms with Crippen molar-refractivity contribution in [3.05, 3.63) is 34.4 Å². The zero-order valence-electron chi connectivity index (χ0n) is 10.4. The van der Waals surface area contributed by atoms with Crippen molar-refractivity contribution in [1.82, 2.24) is 0 Å². The second-order valence-electron chi connectivity index (χ2n) is 5.25. The van der Waals surface area contributed by atoms with Crippen LogP contribution in [0.1, 0.15) is 19.8 Å². The number of hydrogen-bond donors (Lipinski definition) is 0. The summed E-state index contributed by atoms with van der Waals surface area (Å²) >= 11 is 0. The number of non-ortho nitro benzene ring substituents is 1. The molecule has 2 aliphatic carbocycles. The zero-order valence-corrected chi connectivity index (χ0v) is 10.4. The standard InChI is InChI=1S/C13H13NO5/c1-8-6-13(8)7-11(13)19-12(15)18-10-4-2-9(3-5-10)14(16)17/h2-5,8,11H,6-7H2,1H3/t8-,11?,13+/m1/s1. The topological polar surface area (TPSA) is 78.7 Å². The Balaban J connectivity index is 1.53. The van der Waals surface area contributed by atoms with Crippen molar-refractivity contribution in [1.29, 1.82) is 0 Å². The number of carbonyl (C=O) groups excluding carboxylic acids is 1. The second-order valence-corrected chi connectivity index (χ2v) is 5.25. The maximum atomic E-state index is 11.5. The minimum atomic E-state index is -0.741. The highest BCUT2D eigenvalue weighted by Crippen LogP contribution is 2.71. The maximum absolute atomic E-state index is 11.5. The van der Waals surface area contributed by atoms with Crippen LogP contribution < -0.4 is 4.74 Å². The van der Waals surface area contributed by atoms with E-state index in [9.17, 15) is 14.9 Å². The van der Waals surface area contributed by atoms with Crippen molar-refractivity contribution in [2.24, 2.45) is 11.3 Å². The number of nitro benzene ring substituents is 1. The molecule has 2 saturated carbocycles. The molecule has 3 rings (SSSR count). The normalized spacial score (nSPS) is 30.8. The Labute approximate surface area is 109 Å². The van der Waals surface area contributed by atoms with E-state index in [4.69, 9.17) is 9.47 Å². The summed E-state index contributed by atoms with van der Waals surface area (Å²) in [6.45, 7) is 2.14. The van der Waals surface area contributed by atoms with Gasteiger partial charge in [-0.25, -0.2) is 4.79 Å². The van der Waals surface area contributed by atoms with Crippen molar-refractivity contribution >= 4 is 11.8 Å². The van der Waals surface area contributed by atoms with Crippen LogP contribution in [-0.2, 0) is 4.74 Å². The molecule has 0 heterocycles. The fraction of sp³-hybridized carbons (Fsp3) is 0.462. The van der Waals surface area contributed by atoms with Crippen LogP contribution in [0.5, 0.6) is 5.75 Å². The van der Waals surface area contributed by atoms with Gasteiger partial charge in [0.2, 0.25) is 0 Å². The molecule has 1 aromatic carbocycles. The van der Waals surface area contributed by atoms with Crippen LogP contribution in [0.4, 0.5) is 10.5 Å². The Morgan fingerprint density at radius 3 is 2.47 bits per heavy atom. The number of carbonyl (C=O) groups is 1. The summed E-state index contributed by atoms with van der Waals surface area (Å²) < 4.78 is 10.2. The quantitative estimate of drug-likeness (QED) is 0.362. The molecule has 1 spiro atoms. The lowest BCUT2D eigenvalue weighted by Gasteiger charge is -2.05. The van der Waals surface area contributed by atoms with Gasteiger partial charge in [0.15, 0.2) is 0 Å². The molecule has 0 N–H and O–H groups in total. The summed E-state index contributed by atoms with van der Waals surface area (Å²) in [5, 5.41) is 10.5. The molecule has 0 saturated heterocycles. The highest BCUT2D eigenvalue weighted by molar-refractivity contribution is 5.64. The number of rotatable bonds is 3. The van der Waals surface area contributed by atoms with Crippen LogP contribution in [-0.4, -0.2) is 17.2 Å². The number of ether oxygens (including phenoxy) is 2. The van der Waals surface area contributed by atoms with E-state index in [0.29, 0.717) is 5.92 Å². The first-order valence-corrected chi connectivity index (χ1v) is 6.14. The molecular formula is C13H13NO5. The predicted octanol–water partition coefficient (Wildman–Crippen LogP) is 2.91. The Morgan fingerprint density at radius 1 is 1.37 bits per heavy atom. The average molecular weight is 263 g/mol. The number of nitrogens with zero attached hydrogens (tertiary/aromatic N) is 1. The molecular weight excluding hydrogens is 250 g/mol. The van der Waals surface area contributed by atoms with Crippen molar-refractivity contribution in [2.45, 2.75) is 25.9 Å². The second kappa shape index (κ2) is 3.94. The molecule has 0 bridgehead atoms. The van der Waals surface area contributed by atoms with Crippen molar-refractivity contribution in [3.63, 3.8) is 0 Å². The van der Waals surface area contributed by atoms with Gasteiger partial charge < -0.3 is 9.47 Å². The van der Waals surface area contributed by atoms with Gasteiger partial charge in [0.25, 0.3) is 5.69 Å². The van der Waals surface area contributed by atoms with E-state index < -0.39 is 11.1 Å². The molecule has 2 fully saturated rings. The summed E-state index contributed by atoms with van der Waals surface area (Å²) in [5.41, 5.74) is 0.183. The summed E-state index contributed by atoms with van der Waals surface area (Å²) in [6.07, 6.45) is 1.27. The van der Waals surface area contributed by atoms with Gasteiger partial charge in [0.1, 0.15) is 11.9 Å². The van der Waals surface area contributed by atoms with Crippen molar-refractivity contribution in [3.8, 4) is 5.75 Å². The molecule has 1 aromatic rings. The van der Waals surface area contributed by atoms with Crippen LogP contribution in [0.15, 0.2) is 24.3 Å². The SMILES string of the molecule is C[C@@H]1C[C@]12CC2OC(=O)Oc1ccc([N+](=O)[O-])cc1. The molecule has 0 aromatic heterocycles. The van der Waals surface area contributed by atoms with Crippen LogP contribution >= 0.6 is 0 Å². The van der Waals surface area contributed by atoms with Crippen LogP contribution in [0.3, 0.4) is 0 Å². The van der Waals surface area contributed by atoms with Crippen molar-refractivity contribution < 1.29 is 19.2 Å². The molecule has 0 radical (unpaired) electrons. The van der Waals surface area contributed by atoms with Crippen LogP contribution in [0.25, 0.3) is 0 Å². The monoisotopic (exact) mass is 263 g/mol. The predicted molar refractivity (Wildman–Crippen MR) is 64.8 cm³/mol. The van der Waals surface area contributed by atoms with E-state index >= 15 is 0 Å². The van der Waals surface area contributed by atoms with Gasteiger partial charge in [-0.05, 0) is 30.9 Å². The summed E-state index contributed by atoms with van der Waals surface area (Å²) in [7, 11) is 0. The molecule has 3 atom stereocenters. The summed E-state index contributed by atoms with van der Waals surface area (Å²) in [6, 6.07) is 5.32. The molecule has 6 nitrogen and oxygen atoms in total. The van der Waals surface area contributed by atoms with E-state index in [-0.39, 0.29) is 23.0 Å². The van der Waals surface area contributed by atoms with Gasteiger partial charge >= 0.3 is 6.16 Å². The van der Waals surface area contributed by atoms with Gasteiger partial charge in [-0.1, -0.05) is 6.92 Å². The smallest absolute Gasteiger partial charge is 0.430 e. The van der Waals surface area contributed by atoms with Crippen LogP contribution in [0.2, 0.25) is 0 Å². The van der Waals surface area contributed by atoms with E-state index in [0.717, 1.165) is 12.8 Å². The van der Waals surface area contributed by atoms with Gasteiger partial charge in [-0.2, -0.15) is 0 Å². The third-order valence-electron chi connectivity index (χ3n) is 4.04. The molecule has 0 amide bonds. The third-order valence-corrected chi connectivity index (χ3v) is 4.04. The number of hydrogen-bond acceptors (Lipinski definition) is 5. The Hall–Kier alpha value is -2.11. The first kappa shape index (κ1) is 12.0. The Kier molecular flexibility index (Phi) is 2.48. The fourth-order valence-electron chi connectivity index (χ4n) is 2.56. The molecule has 19 heavy (non-hydrogen) atoms. The van der Waals surface area contributed by atoms with Crippen LogP contribution in [0, 0.1) is 21.4 Å². The minimum absolute atomic E-state index is 0.0203. The fourth-order valence-corrected chi connectivity index (χ4v) is 2.56. The number of benzene rings is 1. The third kappa shape index (κ3) is 2.14. The van der Waals surface area contributed by atoms with Gasteiger partial charge in [0, 0.05) is 17.5 Å². The largest absolute Gasteiger partial charge is 0.514 e. The summed E-state index contributed by atoms with van der Waals surface area (Å²) in [4.78, 5) is 21.5. The Morgan fingerprint density at radius 2 is 2.00 bits per heavy atom. The van der Waals surface area contributed by atoms with Gasteiger partial charge in [-0.15, -0.1) is 0 Å². The molecule has 2 aliphatic rings. The maximum Gasteiger partial charge on any atom is 0.514 e.